The molecule has 61 heavy (non-hydrogen) atoms. The molecule has 0 aliphatic heterocycles. The lowest BCUT2D eigenvalue weighted by molar-refractivity contribution is -0.132. The zero-order chi connectivity index (χ0) is 42.4. The number of hydrogen-bond acceptors (Lipinski definition) is 7. The van der Waals surface area contributed by atoms with Crippen molar-refractivity contribution < 1.29 is 18.0 Å². The van der Waals surface area contributed by atoms with Crippen molar-refractivity contribution in [2.24, 2.45) is 0 Å². The molecule has 0 atom stereocenters. The molecule has 0 bridgehead atoms. The number of alkyl halides is 3. The van der Waals surface area contributed by atoms with Gasteiger partial charge in [0, 0.05) is 36.7 Å². The third-order valence-electron chi connectivity index (χ3n) is 10.4. The fraction of sp³-hybridized carbons (Fsp3) is 0.143. The molecule has 6 aromatic carbocycles. The molecule has 1 N–H and O–H groups in total. The highest BCUT2D eigenvalue weighted by Gasteiger charge is 2.42. The molecule has 8 aromatic rings. The van der Waals surface area contributed by atoms with E-state index < -0.39 is 24.7 Å². The van der Waals surface area contributed by atoms with Gasteiger partial charge in [0.05, 0.1) is 23.5 Å². The summed E-state index contributed by atoms with van der Waals surface area (Å²) in [5.74, 6) is 0.213. The summed E-state index contributed by atoms with van der Waals surface area (Å²) in [7, 11) is 0. The molecule has 0 aliphatic carbocycles. The Hall–Kier alpha value is -7.47. The molecule has 0 fully saturated rings. The second-order valence-electron chi connectivity index (χ2n) is 14.7. The number of anilines is 2. The van der Waals surface area contributed by atoms with Crippen LogP contribution < -0.4 is 10.2 Å². The van der Waals surface area contributed by atoms with Crippen LogP contribution in [-0.4, -0.2) is 48.8 Å². The van der Waals surface area contributed by atoms with Crippen molar-refractivity contribution in [1.82, 2.24) is 30.2 Å². The van der Waals surface area contributed by atoms with Gasteiger partial charge in [0.1, 0.15) is 5.54 Å². The van der Waals surface area contributed by atoms with E-state index in [0.29, 0.717) is 39.6 Å². The molecule has 0 spiro atoms. The molecule has 2 heterocycles. The van der Waals surface area contributed by atoms with Gasteiger partial charge in [-0.05, 0) is 57.8 Å². The number of nitrogens with one attached hydrogen (secondary N) is 1. The monoisotopic (exact) mass is 814 g/mol. The molecule has 8 rings (SSSR count). The van der Waals surface area contributed by atoms with E-state index in [2.05, 4.69) is 46.9 Å². The van der Waals surface area contributed by atoms with Crippen molar-refractivity contribution in [2.75, 3.05) is 16.8 Å². The van der Waals surface area contributed by atoms with Crippen LogP contribution in [0, 0.1) is 6.92 Å². The van der Waals surface area contributed by atoms with Crippen molar-refractivity contribution in [2.45, 2.75) is 38.5 Å². The van der Waals surface area contributed by atoms with Gasteiger partial charge in [0.15, 0.2) is 5.82 Å². The normalized spacial score (nSPS) is 11.6. The Kier molecular flexibility index (Phi) is 11.5. The van der Waals surface area contributed by atoms with Crippen LogP contribution in [0.15, 0.2) is 170 Å². The molecule has 12 heteroatoms. The first-order valence-electron chi connectivity index (χ1n) is 19.8. The Morgan fingerprint density at radius 1 is 0.656 bits per heavy atom. The quantitative estimate of drug-likeness (QED) is 0.116. The SMILES string of the molecule is CC(=O)Nc1ccc(C)cc1-c1cc(-c2ccccc2-c2nnnn2C(c2ccccc2)(c2ccccc2)c2ccccc2)nc(N(CCC(F)(F)F)Cc2ccccc2)n1. The van der Waals surface area contributed by atoms with Crippen LogP contribution in [-0.2, 0) is 16.9 Å². The number of amides is 1. The smallest absolute Gasteiger partial charge is 0.336 e. The summed E-state index contributed by atoms with van der Waals surface area (Å²) in [6, 6.07) is 54.3. The van der Waals surface area contributed by atoms with Gasteiger partial charge in [-0.15, -0.1) is 5.10 Å². The topological polar surface area (TPSA) is 102 Å². The highest BCUT2D eigenvalue weighted by atomic mass is 19.4. The van der Waals surface area contributed by atoms with Crippen LogP contribution >= 0.6 is 0 Å². The lowest BCUT2D eigenvalue weighted by Crippen LogP contribution is -2.39. The minimum atomic E-state index is -4.43. The number of rotatable bonds is 13. The highest BCUT2D eigenvalue weighted by Crippen LogP contribution is 2.44. The predicted molar refractivity (Wildman–Crippen MR) is 232 cm³/mol. The largest absolute Gasteiger partial charge is 0.390 e. The molecule has 0 saturated heterocycles. The first-order valence-corrected chi connectivity index (χ1v) is 19.8. The maximum atomic E-state index is 14.0. The molecule has 0 aliphatic rings. The fourth-order valence-corrected chi connectivity index (χ4v) is 7.72. The highest BCUT2D eigenvalue weighted by molar-refractivity contribution is 5.94. The molecule has 0 unspecified atom stereocenters. The van der Waals surface area contributed by atoms with Crippen LogP contribution in [0.1, 0.15) is 41.2 Å². The van der Waals surface area contributed by atoms with Gasteiger partial charge in [-0.2, -0.15) is 13.2 Å². The molecule has 1 amide bonds. The lowest BCUT2D eigenvalue weighted by atomic mass is 9.77. The minimum Gasteiger partial charge on any atom is -0.336 e. The Morgan fingerprint density at radius 3 is 1.74 bits per heavy atom. The zero-order valence-corrected chi connectivity index (χ0v) is 33.5. The summed E-state index contributed by atoms with van der Waals surface area (Å²) in [6.07, 6.45) is -5.52. The summed E-state index contributed by atoms with van der Waals surface area (Å²) < 4.78 is 43.7. The first-order chi connectivity index (χ1) is 29.6. The fourth-order valence-electron chi connectivity index (χ4n) is 7.72. The number of halogens is 3. The maximum absolute atomic E-state index is 14.0. The Bertz CT molecular complexity index is 2650. The van der Waals surface area contributed by atoms with Crippen LogP contribution in [0.4, 0.5) is 24.8 Å². The third kappa shape index (κ3) is 8.65. The first kappa shape index (κ1) is 40.3. The summed E-state index contributed by atoms with van der Waals surface area (Å²) in [5, 5.41) is 16.7. The summed E-state index contributed by atoms with van der Waals surface area (Å²) >= 11 is 0. The van der Waals surface area contributed by atoms with Crippen molar-refractivity contribution in [1.29, 1.82) is 0 Å². The standard InChI is InChI=1S/C49H41F3N8O/c1-34-27-28-43(53-35(2)61)42(31-34)45-32-44(54-47(55-45)59(30-29-48(50,51)52)33-36-17-7-3-8-18-36)40-25-15-16-26-41(40)46-56-57-58-60(46)49(37-19-9-4-10-20-37,38-21-11-5-12-22-38)39-23-13-6-14-24-39/h3-28,31-32H,29-30,33H2,1-2H3,(H,53,61). The number of carbonyl (C=O) groups excluding carboxylic acids is 1. The minimum absolute atomic E-state index is 0.0810. The summed E-state index contributed by atoms with van der Waals surface area (Å²) in [4.78, 5) is 24.0. The van der Waals surface area contributed by atoms with Gasteiger partial charge in [-0.25, -0.2) is 14.6 Å². The molecular weight excluding hydrogens is 774 g/mol. The van der Waals surface area contributed by atoms with Crippen LogP contribution in [0.25, 0.3) is 33.9 Å². The van der Waals surface area contributed by atoms with E-state index in [1.54, 1.807) is 17.0 Å². The molecular formula is C49H41F3N8O. The third-order valence-corrected chi connectivity index (χ3v) is 10.4. The molecule has 2 aromatic heterocycles. The van der Waals surface area contributed by atoms with E-state index in [4.69, 9.17) is 20.3 Å². The number of aryl methyl sites for hydroxylation is 1. The number of nitrogens with zero attached hydrogens (tertiary/aromatic N) is 7. The average Bonchev–Trinajstić information content (AvgIpc) is 3.77. The Balaban J connectivity index is 1.38. The van der Waals surface area contributed by atoms with E-state index in [0.717, 1.165) is 27.8 Å². The zero-order valence-electron chi connectivity index (χ0n) is 33.5. The second kappa shape index (κ2) is 17.4. The molecule has 304 valence electrons. The summed E-state index contributed by atoms with van der Waals surface area (Å²) in [6.45, 7) is 3.05. The van der Waals surface area contributed by atoms with E-state index in [9.17, 15) is 18.0 Å². The second-order valence-corrected chi connectivity index (χ2v) is 14.7. The average molecular weight is 815 g/mol. The van der Waals surface area contributed by atoms with Crippen molar-refractivity contribution >= 4 is 17.5 Å². The predicted octanol–water partition coefficient (Wildman–Crippen LogP) is 10.5. The Morgan fingerprint density at radius 2 is 1.18 bits per heavy atom. The Labute approximate surface area is 351 Å². The number of tetrazole rings is 1. The summed E-state index contributed by atoms with van der Waals surface area (Å²) in [5.41, 5.74) is 6.47. The number of hydrogen-bond donors (Lipinski definition) is 1. The van der Waals surface area contributed by atoms with Crippen LogP contribution in [0.5, 0.6) is 0 Å². The van der Waals surface area contributed by atoms with Gasteiger partial charge in [-0.1, -0.05) is 157 Å². The van der Waals surface area contributed by atoms with E-state index in [-0.39, 0.29) is 18.4 Å². The van der Waals surface area contributed by atoms with Crippen LogP contribution in [0.3, 0.4) is 0 Å². The number of benzene rings is 6. The van der Waals surface area contributed by atoms with E-state index >= 15 is 0 Å². The van der Waals surface area contributed by atoms with E-state index in [1.807, 2.05) is 133 Å². The number of aromatic nitrogens is 6. The van der Waals surface area contributed by atoms with Gasteiger partial charge >= 0.3 is 6.18 Å². The van der Waals surface area contributed by atoms with Gasteiger partial charge in [0.2, 0.25) is 11.9 Å². The maximum Gasteiger partial charge on any atom is 0.390 e. The van der Waals surface area contributed by atoms with Crippen LogP contribution in [0.2, 0.25) is 0 Å². The molecule has 0 saturated carbocycles. The van der Waals surface area contributed by atoms with Crippen molar-refractivity contribution in [3.63, 3.8) is 0 Å². The van der Waals surface area contributed by atoms with Gasteiger partial charge < -0.3 is 10.2 Å². The molecule has 9 nitrogen and oxygen atoms in total. The van der Waals surface area contributed by atoms with Gasteiger partial charge in [0.25, 0.3) is 0 Å². The molecule has 0 radical (unpaired) electrons. The lowest BCUT2D eigenvalue weighted by Gasteiger charge is -2.36. The van der Waals surface area contributed by atoms with Gasteiger partial charge in [-0.3, -0.25) is 4.79 Å². The van der Waals surface area contributed by atoms with Crippen molar-refractivity contribution in [3.05, 3.63) is 198 Å². The van der Waals surface area contributed by atoms with Crippen molar-refractivity contribution in [3.8, 4) is 33.9 Å². The van der Waals surface area contributed by atoms with E-state index in [1.165, 1.54) is 6.92 Å². The number of carbonyl (C=O) groups is 1.